The Morgan fingerprint density at radius 2 is 2.15 bits per heavy atom. The highest BCUT2D eigenvalue weighted by atomic mass is 33.1. The van der Waals surface area contributed by atoms with Crippen molar-refractivity contribution < 1.29 is 4.74 Å². The maximum Gasteiger partial charge on any atom is 0.241 e. The first kappa shape index (κ1) is 11.0. The minimum absolute atomic E-state index is 0.517. The second-order valence-corrected chi connectivity index (χ2v) is 9.45. The predicted octanol–water partition coefficient (Wildman–Crippen LogP) is 2.82. The minimum atomic E-state index is -1.10. The second-order valence-electron chi connectivity index (χ2n) is 3.82. The van der Waals surface area contributed by atoms with Gasteiger partial charge in [0.1, 0.15) is 0 Å². The Balaban J connectivity index is 2.64. The van der Waals surface area contributed by atoms with Gasteiger partial charge in [-0.1, -0.05) is 13.8 Å². The van der Waals surface area contributed by atoms with E-state index in [-0.39, 0.29) is 0 Å². The van der Waals surface area contributed by atoms with Crippen molar-refractivity contribution in [2.24, 2.45) is 10.9 Å². The third kappa shape index (κ3) is 2.95. The molecule has 0 bridgehead atoms. The van der Waals surface area contributed by atoms with E-state index in [0.717, 1.165) is 11.8 Å². The zero-order valence-corrected chi connectivity index (χ0v) is 10.3. The van der Waals surface area contributed by atoms with E-state index in [0.29, 0.717) is 5.92 Å². The fourth-order valence-electron chi connectivity index (χ4n) is 0.951. The number of hydrogen-bond donors (Lipinski definition) is 1. The Labute approximate surface area is 86.6 Å². The average molecular weight is 219 g/mol. The lowest BCUT2D eigenvalue weighted by Crippen LogP contribution is -2.14. The quantitative estimate of drug-likeness (QED) is 0.531. The number of rotatable bonds is 1. The van der Waals surface area contributed by atoms with E-state index < -0.39 is 9.06 Å². The molecule has 0 aromatic carbocycles. The molecule has 0 amide bonds. The summed E-state index contributed by atoms with van der Waals surface area (Å²) >= 11 is 4.48. The largest absolute Gasteiger partial charge is 0.442 e. The summed E-state index contributed by atoms with van der Waals surface area (Å²) in [4.78, 5) is 4.39. The molecular weight excluding hydrogens is 202 g/mol. The number of thiol groups is 1. The van der Waals surface area contributed by atoms with Gasteiger partial charge in [0.05, 0.1) is 12.8 Å². The maximum atomic E-state index is 5.46. The zero-order valence-electron chi connectivity index (χ0n) is 8.57. The van der Waals surface area contributed by atoms with Crippen molar-refractivity contribution in [3.8, 4) is 0 Å². The predicted molar refractivity (Wildman–Crippen MR) is 64.7 cm³/mol. The fourth-order valence-corrected chi connectivity index (χ4v) is 1.92. The van der Waals surface area contributed by atoms with Crippen molar-refractivity contribution >= 4 is 26.0 Å². The summed E-state index contributed by atoms with van der Waals surface area (Å²) in [6, 6.07) is 0. The summed E-state index contributed by atoms with van der Waals surface area (Å²) in [5.41, 5.74) is 1.25. The lowest BCUT2D eigenvalue weighted by atomic mass is 10.1. The minimum Gasteiger partial charge on any atom is -0.442 e. The number of ether oxygens (including phenoxy) is 1. The smallest absolute Gasteiger partial charge is 0.241 e. The van der Waals surface area contributed by atoms with Gasteiger partial charge in [0.2, 0.25) is 5.23 Å². The normalized spacial score (nSPS) is 19.2. The lowest BCUT2D eigenvalue weighted by molar-refractivity contribution is 0.454. The van der Waals surface area contributed by atoms with Gasteiger partial charge < -0.3 is 4.74 Å². The molecule has 13 heavy (non-hydrogen) atoms. The molecule has 0 spiro atoms. The van der Waals surface area contributed by atoms with Crippen LogP contribution >= 0.6 is 20.7 Å². The number of aliphatic imine (C=N–C) groups is 1. The van der Waals surface area contributed by atoms with Gasteiger partial charge in [-0.3, -0.25) is 0 Å². The topological polar surface area (TPSA) is 21.6 Å². The molecule has 76 valence electrons. The third-order valence-electron chi connectivity index (χ3n) is 1.87. The van der Waals surface area contributed by atoms with Crippen LogP contribution in [0.25, 0.3) is 0 Å². The highest BCUT2D eigenvalue weighted by Gasteiger charge is 2.19. The van der Waals surface area contributed by atoms with Crippen LogP contribution in [-0.4, -0.2) is 24.3 Å². The standard InChI is InChI=1S/C9H17NOS2/c1-7(2)8-5-10-9(11-6-8)13(3,4)12/h6-7,12H,5H2,1-4H3. The summed E-state index contributed by atoms with van der Waals surface area (Å²) in [7, 11) is -1.10. The average Bonchev–Trinajstić information content (AvgIpc) is 2.03. The molecule has 0 saturated heterocycles. The summed E-state index contributed by atoms with van der Waals surface area (Å²) < 4.78 is 5.46. The zero-order chi connectivity index (χ0) is 10.1. The van der Waals surface area contributed by atoms with E-state index in [1.807, 2.05) is 6.26 Å². The summed E-state index contributed by atoms with van der Waals surface area (Å²) in [5.74, 6) is 0.517. The molecule has 1 aliphatic heterocycles. The molecule has 0 radical (unpaired) electrons. The molecule has 2 nitrogen and oxygen atoms in total. The Bertz CT molecular complexity index is 251. The van der Waals surface area contributed by atoms with Gasteiger partial charge in [-0.2, -0.15) is 0 Å². The van der Waals surface area contributed by atoms with Crippen LogP contribution in [0.15, 0.2) is 16.8 Å². The van der Waals surface area contributed by atoms with Gasteiger partial charge in [0, 0.05) is 0 Å². The van der Waals surface area contributed by atoms with Gasteiger partial charge >= 0.3 is 0 Å². The highest BCUT2D eigenvalue weighted by molar-refractivity contribution is 8.93. The van der Waals surface area contributed by atoms with Crippen molar-refractivity contribution in [2.45, 2.75) is 13.8 Å². The van der Waals surface area contributed by atoms with E-state index in [9.17, 15) is 0 Å². The molecule has 0 atom stereocenters. The fraction of sp³-hybridized carbons (Fsp3) is 0.667. The van der Waals surface area contributed by atoms with Gasteiger partial charge in [0.15, 0.2) is 0 Å². The van der Waals surface area contributed by atoms with Gasteiger partial charge in [-0.25, -0.2) is 4.99 Å². The molecule has 1 heterocycles. The van der Waals surface area contributed by atoms with E-state index in [2.05, 4.69) is 43.0 Å². The molecule has 0 fully saturated rings. The maximum absolute atomic E-state index is 5.46. The van der Waals surface area contributed by atoms with Crippen LogP contribution in [0.2, 0.25) is 0 Å². The third-order valence-corrected chi connectivity index (χ3v) is 3.42. The van der Waals surface area contributed by atoms with Crippen LogP contribution in [0.3, 0.4) is 0 Å². The van der Waals surface area contributed by atoms with Crippen LogP contribution in [0.5, 0.6) is 0 Å². The Hall–Kier alpha value is -0.0900. The van der Waals surface area contributed by atoms with Crippen molar-refractivity contribution in [3.63, 3.8) is 0 Å². The first-order chi connectivity index (χ1) is 5.91. The summed E-state index contributed by atoms with van der Waals surface area (Å²) in [5, 5.41) is 0.792. The molecule has 4 heteroatoms. The van der Waals surface area contributed by atoms with Crippen molar-refractivity contribution in [2.75, 3.05) is 19.1 Å². The van der Waals surface area contributed by atoms with Crippen LogP contribution in [0.4, 0.5) is 0 Å². The monoisotopic (exact) mass is 219 g/mol. The second kappa shape index (κ2) is 3.96. The van der Waals surface area contributed by atoms with Crippen LogP contribution < -0.4 is 0 Å². The number of hydrogen-bond acceptors (Lipinski definition) is 3. The Kier molecular flexibility index (Phi) is 3.35. The van der Waals surface area contributed by atoms with Gasteiger partial charge in [0.25, 0.3) is 0 Å². The number of nitrogens with zero attached hydrogens (tertiary/aromatic N) is 1. The highest BCUT2D eigenvalue weighted by Crippen LogP contribution is 2.47. The van der Waals surface area contributed by atoms with Crippen molar-refractivity contribution in [1.82, 2.24) is 0 Å². The molecule has 0 saturated carbocycles. The molecule has 1 aliphatic rings. The van der Waals surface area contributed by atoms with E-state index in [1.165, 1.54) is 5.57 Å². The molecule has 0 N–H and O–H groups in total. The Morgan fingerprint density at radius 3 is 2.46 bits per heavy atom. The van der Waals surface area contributed by atoms with Crippen molar-refractivity contribution in [1.29, 1.82) is 0 Å². The van der Waals surface area contributed by atoms with E-state index in [1.54, 1.807) is 0 Å². The van der Waals surface area contributed by atoms with Gasteiger partial charge in [-0.05, 0) is 24.0 Å². The molecule has 0 aromatic rings. The van der Waals surface area contributed by atoms with Gasteiger partial charge in [-0.15, -0.1) is 20.7 Å². The SMILES string of the molecule is CC(C)C1=COC(S(C)(C)S)=NC1. The lowest BCUT2D eigenvalue weighted by Gasteiger charge is -2.27. The Morgan fingerprint density at radius 1 is 1.54 bits per heavy atom. The molecular formula is C9H17NOS2. The van der Waals surface area contributed by atoms with Crippen LogP contribution in [0.1, 0.15) is 13.8 Å². The summed E-state index contributed by atoms with van der Waals surface area (Å²) in [6.45, 7) is 5.06. The van der Waals surface area contributed by atoms with Crippen LogP contribution in [0, 0.1) is 5.92 Å². The van der Waals surface area contributed by atoms with E-state index in [4.69, 9.17) is 4.74 Å². The molecule has 0 unspecified atom stereocenters. The first-order valence-corrected chi connectivity index (χ1v) is 7.77. The van der Waals surface area contributed by atoms with E-state index >= 15 is 0 Å². The molecule has 0 aromatic heterocycles. The summed E-state index contributed by atoms with van der Waals surface area (Å²) in [6.07, 6.45) is 5.95. The first-order valence-electron chi connectivity index (χ1n) is 4.27. The van der Waals surface area contributed by atoms with Crippen LogP contribution in [-0.2, 0) is 4.74 Å². The molecule has 0 aliphatic carbocycles. The molecule has 1 rings (SSSR count). The van der Waals surface area contributed by atoms with Crippen molar-refractivity contribution in [3.05, 3.63) is 11.8 Å².